The fourth-order valence-corrected chi connectivity index (χ4v) is 3.97. The van der Waals surface area contributed by atoms with Crippen molar-refractivity contribution in [1.29, 1.82) is 0 Å². The average Bonchev–Trinajstić information content (AvgIpc) is 2.95. The van der Waals surface area contributed by atoms with Crippen LogP contribution >= 0.6 is 11.8 Å². The molecule has 7 heteroatoms. The maximum atomic E-state index is 4.92. The number of guanidine groups is 1. The Hall–Kier alpha value is -1.05. The first-order valence-electron chi connectivity index (χ1n) is 7.77. The highest BCUT2D eigenvalue weighted by molar-refractivity contribution is 8.13. The first-order chi connectivity index (χ1) is 10.3. The van der Waals surface area contributed by atoms with Gasteiger partial charge >= 0.3 is 0 Å². The van der Waals surface area contributed by atoms with E-state index in [1.807, 2.05) is 6.26 Å². The summed E-state index contributed by atoms with van der Waals surface area (Å²) in [6.45, 7) is 5.39. The Balaban J connectivity index is 1.62. The largest absolute Gasteiger partial charge is 0.314 e. The molecule has 1 atom stereocenters. The van der Waals surface area contributed by atoms with Crippen LogP contribution in [-0.4, -0.2) is 66.1 Å². The molecule has 0 aromatic heterocycles. The Morgan fingerprint density at radius 1 is 1.24 bits per heavy atom. The third-order valence-electron chi connectivity index (χ3n) is 4.66. The molecule has 4 rings (SSSR count). The Morgan fingerprint density at radius 3 is 2.90 bits per heavy atom. The van der Waals surface area contributed by atoms with E-state index in [0.717, 1.165) is 43.9 Å². The van der Waals surface area contributed by atoms with E-state index in [4.69, 9.17) is 4.99 Å². The molecule has 0 spiro atoms. The highest BCUT2D eigenvalue weighted by Crippen LogP contribution is 2.33. The van der Waals surface area contributed by atoms with Gasteiger partial charge < -0.3 is 5.32 Å². The number of rotatable bonds is 1. The first kappa shape index (κ1) is 13.6. The van der Waals surface area contributed by atoms with Crippen molar-refractivity contribution in [2.75, 3.05) is 39.0 Å². The van der Waals surface area contributed by atoms with Gasteiger partial charge in [0.05, 0.1) is 18.3 Å². The number of thioether (sulfide) groups is 1. The van der Waals surface area contributed by atoms with Gasteiger partial charge in [0.2, 0.25) is 5.96 Å². The van der Waals surface area contributed by atoms with Gasteiger partial charge in [0, 0.05) is 26.2 Å². The normalized spacial score (nSPS) is 29.6. The Bertz CT molecular complexity index is 520. The highest BCUT2D eigenvalue weighted by atomic mass is 32.2. The zero-order valence-electron chi connectivity index (χ0n) is 12.4. The molecule has 0 amide bonds. The predicted octanol–water partition coefficient (Wildman–Crippen LogP) is 0.607. The fourth-order valence-electron chi connectivity index (χ4n) is 3.60. The number of nitrogens with zero attached hydrogens (tertiary/aromatic N) is 4. The molecule has 2 N–H and O–H groups in total. The van der Waals surface area contributed by atoms with Gasteiger partial charge in [-0.25, -0.2) is 10.0 Å². The topological polar surface area (TPSA) is 55.3 Å². The maximum absolute atomic E-state index is 4.92. The van der Waals surface area contributed by atoms with Crippen molar-refractivity contribution < 1.29 is 0 Å². The SMILES string of the molecule is CSC1=NC2=NC3=C(CCCC3N3CCNCC3)CN2N1. The summed E-state index contributed by atoms with van der Waals surface area (Å²) in [6, 6.07) is 0.499. The molecule has 0 aromatic carbocycles. The summed E-state index contributed by atoms with van der Waals surface area (Å²) in [5, 5.41) is 6.48. The summed E-state index contributed by atoms with van der Waals surface area (Å²) in [6.07, 6.45) is 5.74. The molecule has 0 bridgehead atoms. The van der Waals surface area contributed by atoms with E-state index in [1.165, 1.54) is 30.5 Å². The number of nitrogens with one attached hydrogen (secondary N) is 2. The minimum atomic E-state index is 0.499. The monoisotopic (exact) mass is 306 g/mol. The van der Waals surface area contributed by atoms with Crippen LogP contribution in [0.3, 0.4) is 0 Å². The number of hydrogen-bond acceptors (Lipinski definition) is 7. The molecule has 1 fully saturated rings. The number of aliphatic imine (C=N–C) groups is 2. The zero-order valence-corrected chi connectivity index (χ0v) is 13.2. The van der Waals surface area contributed by atoms with Crippen LogP contribution in [0.1, 0.15) is 19.3 Å². The van der Waals surface area contributed by atoms with Crippen LogP contribution in [-0.2, 0) is 0 Å². The van der Waals surface area contributed by atoms with E-state index in [2.05, 4.69) is 25.6 Å². The van der Waals surface area contributed by atoms with Crippen molar-refractivity contribution in [3.8, 4) is 0 Å². The molecule has 1 aliphatic carbocycles. The second-order valence-electron chi connectivity index (χ2n) is 5.91. The van der Waals surface area contributed by atoms with Gasteiger partial charge in [0.1, 0.15) is 0 Å². The Kier molecular flexibility index (Phi) is 3.64. The number of piperazine rings is 1. The quantitative estimate of drug-likeness (QED) is 0.743. The van der Waals surface area contributed by atoms with Crippen molar-refractivity contribution in [2.24, 2.45) is 9.98 Å². The first-order valence-corrected chi connectivity index (χ1v) is 9.00. The summed E-state index contributed by atoms with van der Waals surface area (Å²) in [5.41, 5.74) is 6.13. The number of hydrogen-bond donors (Lipinski definition) is 2. The third kappa shape index (κ3) is 2.47. The van der Waals surface area contributed by atoms with Crippen molar-refractivity contribution in [3.63, 3.8) is 0 Å². The Labute approximate surface area is 129 Å². The van der Waals surface area contributed by atoms with Gasteiger partial charge in [-0.05, 0) is 31.1 Å². The van der Waals surface area contributed by atoms with Crippen LogP contribution in [0.4, 0.5) is 0 Å². The molecule has 21 heavy (non-hydrogen) atoms. The lowest BCUT2D eigenvalue weighted by Crippen LogP contribution is -2.51. The molecule has 6 nitrogen and oxygen atoms in total. The second kappa shape index (κ2) is 5.62. The van der Waals surface area contributed by atoms with E-state index in [0.29, 0.717) is 6.04 Å². The van der Waals surface area contributed by atoms with Gasteiger partial charge in [0.15, 0.2) is 5.17 Å². The molecule has 3 heterocycles. The number of fused-ring (bicyclic) bond motifs is 1. The molecule has 1 unspecified atom stereocenters. The fraction of sp³-hybridized carbons (Fsp3) is 0.714. The van der Waals surface area contributed by atoms with Crippen LogP contribution in [0.5, 0.6) is 0 Å². The standard InChI is InChI=1S/C14H22N6S/c1-21-14-17-13-16-12-10(9-20(13)18-14)3-2-4-11(12)19-7-5-15-6-8-19/h11,15H,2-9H2,1H3,(H,16,17,18). The zero-order chi connectivity index (χ0) is 14.2. The van der Waals surface area contributed by atoms with Crippen LogP contribution in [0, 0.1) is 0 Å². The van der Waals surface area contributed by atoms with Crippen LogP contribution in [0.2, 0.25) is 0 Å². The lowest BCUT2D eigenvalue weighted by Gasteiger charge is -2.40. The minimum absolute atomic E-state index is 0.499. The molecule has 4 aliphatic rings. The Morgan fingerprint density at radius 2 is 2.10 bits per heavy atom. The number of hydrazine groups is 1. The van der Waals surface area contributed by atoms with Crippen molar-refractivity contribution >= 4 is 22.9 Å². The second-order valence-corrected chi connectivity index (χ2v) is 6.71. The number of amidine groups is 1. The van der Waals surface area contributed by atoms with E-state index in [1.54, 1.807) is 11.8 Å². The molecule has 114 valence electrons. The summed E-state index contributed by atoms with van der Waals surface area (Å²) < 4.78 is 0. The lowest BCUT2D eigenvalue weighted by atomic mass is 9.90. The van der Waals surface area contributed by atoms with E-state index in [-0.39, 0.29) is 0 Å². The van der Waals surface area contributed by atoms with Gasteiger partial charge in [-0.15, -0.1) is 0 Å². The minimum Gasteiger partial charge on any atom is -0.314 e. The summed E-state index contributed by atoms with van der Waals surface area (Å²) in [4.78, 5) is 12.1. The predicted molar refractivity (Wildman–Crippen MR) is 87.3 cm³/mol. The van der Waals surface area contributed by atoms with Crippen molar-refractivity contribution in [3.05, 3.63) is 11.3 Å². The summed E-state index contributed by atoms with van der Waals surface area (Å²) in [5.74, 6) is 0.847. The van der Waals surface area contributed by atoms with Crippen LogP contribution in [0.25, 0.3) is 0 Å². The lowest BCUT2D eigenvalue weighted by molar-refractivity contribution is 0.175. The van der Waals surface area contributed by atoms with E-state index in [9.17, 15) is 0 Å². The smallest absolute Gasteiger partial charge is 0.247 e. The van der Waals surface area contributed by atoms with Crippen molar-refractivity contribution in [1.82, 2.24) is 20.7 Å². The molecule has 0 saturated carbocycles. The third-order valence-corrected chi connectivity index (χ3v) is 5.23. The molecule has 1 saturated heterocycles. The maximum Gasteiger partial charge on any atom is 0.247 e. The summed E-state index contributed by atoms with van der Waals surface area (Å²) in [7, 11) is 0. The van der Waals surface area contributed by atoms with Crippen LogP contribution in [0.15, 0.2) is 21.3 Å². The molecular weight excluding hydrogens is 284 g/mol. The summed E-state index contributed by atoms with van der Waals surface area (Å²) >= 11 is 1.64. The van der Waals surface area contributed by atoms with Crippen molar-refractivity contribution in [2.45, 2.75) is 25.3 Å². The molecule has 0 radical (unpaired) electrons. The van der Waals surface area contributed by atoms with Crippen LogP contribution < -0.4 is 10.7 Å². The molecule has 0 aromatic rings. The van der Waals surface area contributed by atoms with Gasteiger partial charge in [0.25, 0.3) is 0 Å². The average molecular weight is 306 g/mol. The van der Waals surface area contributed by atoms with E-state index >= 15 is 0 Å². The molecular formula is C14H22N6S. The van der Waals surface area contributed by atoms with Gasteiger partial charge in [-0.1, -0.05) is 11.8 Å². The van der Waals surface area contributed by atoms with E-state index < -0.39 is 0 Å². The van der Waals surface area contributed by atoms with Gasteiger partial charge in [-0.3, -0.25) is 10.3 Å². The highest BCUT2D eigenvalue weighted by Gasteiger charge is 2.35. The molecule has 3 aliphatic heterocycles. The van der Waals surface area contributed by atoms with Gasteiger partial charge in [-0.2, -0.15) is 4.99 Å².